The molecule has 5 nitrogen and oxygen atoms in total. The fraction of sp³-hybridized carbons (Fsp3) is 0.364. The molecule has 1 unspecified atom stereocenters. The molecule has 28 heavy (non-hydrogen) atoms. The number of aromatic nitrogens is 1. The van der Waals surface area contributed by atoms with Crippen molar-refractivity contribution in [2.24, 2.45) is 5.92 Å². The minimum Gasteiger partial charge on any atom is -0.381 e. The second-order valence-electron chi connectivity index (χ2n) is 7.13. The fourth-order valence-corrected chi connectivity index (χ4v) is 3.43. The second-order valence-corrected chi connectivity index (χ2v) is 7.13. The van der Waals surface area contributed by atoms with E-state index in [0.29, 0.717) is 25.6 Å². The summed E-state index contributed by atoms with van der Waals surface area (Å²) in [6.07, 6.45) is 1.87. The highest BCUT2D eigenvalue weighted by molar-refractivity contribution is 5.94. The summed E-state index contributed by atoms with van der Waals surface area (Å²) < 4.78 is 30.3. The Hall–Kier alpha value is -2.57. The Bertz CT molecular complexity index is 962. The van der Waals surface area contributed by atoms with Gasteiger partial charge >= 0.3 is 0 Å². The molecule has 146 valence electrons. The molecule has 0 bridgehead atoms. The molecule has 2 aromatic carbocycles. The van der Waals surface area contributed by atoms with E-state index < -0.39 is 5.82 Å². The number of hydrogen-bond acceptors (Lipinski definition) is 5. The van der Waals surface area contributed by atoms with Crippen LogP contribution in [0.1, 0.15) is 41.1 Å². The molecule has 1 fully saturated rings. The van der Waals surface area contributed by atoms with Crippen LogP contribution in [0.3, 0.4) is 0 Å². The van der Waals surface area contributed by atoms with Crippen molar-refractivity contribution >= 4 is 16.6 Å². The van der Waals surface area contributed by atoms with Gasteiger partial charge in [0.05, 0.1) is 6.61 Å². The Labute approximate surface area is 162 Å². The standard InChI is InChI=1S/C22H22FNO4/c23-21-20(28-24-22(21)19(25)8-6-15-9-10-26-12-15)14-27-13-16-5-7-17-3-1-2-4-18(17)11-16/h1-5,7,11,15H,6,8-10,12-14H2. The van der Waals surface area contributed by atoms with Crippen molar-refractivity contribution in [3.63, 3.8) is 0 Å². The lowest BCUT2D eigenvalue weighted by atomic mass is 10.00. The molecule has 0 N–H and O–H groups in total. The monoisotopic (exact) mass is 383 g/mol. The van der Waals surface area contributed by atoms with E-state index in [1.54, 1.807) is 0 Å². The highest BCUT2D eigenvalue weighted by Gasteiger charge is 2.24. The Balaban J connectivity index is 1.31. The molecule has 1 aliphatic rings. The Morgan fingerprint density at radius 1 is 1.18 bits per heavy atom. The topological polar surface area (TPSA) is 61.6 Å². The first-order valence-electron chi connectivity index (χ1n) is 9.51. The van der Waals surface area contributed by atoms with Crippen molar-refractivity contribution in [2.75, 3.05) is 13.2 Å². The van der Waals surface area contributed by atoms with Crippen molar-refractivity contribution in [3.05, 3.63) is 65.3 Å². The summed E-state index contributed by atoms with van der Waals surface area (Å²) in [6, 6.07) is 14.1. The minimum atomic E-state index is -0.716. The van der Waals surface area contributed by atoms with E-state index in [0.717, 1.165) is 29.4 Å². The van der Waals surface area contributed by atoms with Gasteiger partial charge < -0.3 is 14.0 Å². The van der Waals surface area contributed by atoms with Crippen molar-refractivity contribution in [1.82, 2.24) is 5.16 Å². The van der Waals surface area contributed by atoms with Crippen LogP contribution < -0.4 is 0 Å². The van der Waals surface area contributed by atoms with Gasteiger partial charge in [0.25, 0.3) is 0 Å². The number of ketones is 1. The molecule has 4 rings (SSSR count). The van der Waals surface area contributed by atoms with Crippen molar-refractivity contribution in [3.8, 4) is 0 Å². The smallest absolute Gasteiger partial charge is 0.199 e. The predicted octanol–water partition coefficient (Wildman–Crippen LogP) is 4.68. The first-order valence-corrected chi connectivity index (χ1v) is 9.51. The van der Waals surface area contributed by atoms with Crippen LogP contribution >= 0.6 is 0 Å². The summed E-state index contributed by atoms with van der Waals surface area (Å²) in [6.45, 7) is 1.64. The van der Waals surface area contributed by atoms with Crippen LogP contribution in [0, 0.1) is 11.7 Å². The molecule has 0 saturated carbocycles. The molecule has 0 amide bonds. The molecule has 1 aromatic heterocycles. The number of hydrogen-bond donors (Lipinski definition) is 0. The van der Waals surface area contributed by atoms with Crippen LogP contribution in [-0.4, -0.2) is 24.2 Å². The molecule has 2 heterocycles. The average Bonchev–Trinajstić information content (AvgIpc) is 3.36. The van der Waals surface area contributed by atoms with Crippen molar-refractivity contribution in [2.45, 2.75) is 32.5 Å². The van der Waals surface area contributed by atoms with Gasteiger partial charge in [-0.3, -0.25) is 4.79 Å². The lowest BCUT2D eigenvalue weighted by Crippen LogP contribution is -2.07. The second kappa shape index (κ2) is 8.63. The van der Waals surface area contributed by atoms with E-state index in [2.05, 4.69) is 5.16 Å². The summed E-state index contributed by atoms with van der Waals surface area (Å²) >= 11 is 0. The van der Waals surface area contributed by atoms with Crippen LogP contribution in [0.25, 0.3) is 10.8 Å². The number of benzene rings is 2. The van der Waals surface area contributed by atoms with Crippen LogP contribution in [-0.2, 0) is 22.7 Å². The summed E-state index contributed by atoms with van der Waals surface area (Å²) in [5.74, 6) is -0.739. The third-order valence-corrected chi connectivity index (χ3v) is 5.08. The Morgan fingerprint density at radius 2 is 2.04 bits per heavy atom. The number of Topliss-reactive ketones (excluding diaryl/α,β-unsaturated/α-hetero) is 1. The molecule has 3 aromatic rings. The average molecular weight is 383 g/mol. The number of fused-ring (bicyclic) bond motifs is 1. The Morgan fingerprint density at radius 3 is 2.86 bits per heavy atom. The maximum Gasteiger partial charge on any atom is 0.199 e. The van der Waals surface area contributed by atoms with Crippen LogP contribution in [0.5, 0.6) is 0 Å². The van der Waals surface area contributed by atoms with E-state index in [9.17, 15) is 9.18 Å². The fourth-order valence-electron chi connectivity index (χ4n) is 3.43. The maximum absolute atomic E-state index is 14.4. The third kappa shape index (κ3) is 4.29. The summed E-state index contributed by atoms with van der Waals surface area (Å²) in [4.78, 5) is 12.2. The molecular weight excluding hydrogens is 361 g/mol. The predicted molar refractivity (Wildman–Crippen MR) is 101 cm³/mol. The molecule has 1 aliphatic heterocycles. The molecular formula is C22H22FNO4. The van der Waals surface area contributed by atoms with Crippen LogP contribution in [0.2, 0.25) is 0 Å². The first-order chi connectivity index (χ1) is 13.7. The van der Waals surface area contributed by atoms with Gasteiger partial charge in [0.15, 0.2) is 23.1 Å². The van der Waals surface area contributed by atoms with Crippen molar-refractivity contribution in [1.29, 1.82) is 0 Å². The number of halogens is 1. The SMILES string of the molecule is O=C(CCC1CCOC1)c1noc(COCc2ccc3ccccc3c2)c1F. The minimum absolute atomic E-state index is 0.0478. The van der Waals surface area contributed by atoms with E-state index >= 15 is 0 Å². The highest BCUT2D eigenvalue weighted by atomic mass is 19.1. The van der Waals surface area contributed by atoms with Gasteiger partial charge in [-0.25, -0.2) is 4.39 Å². The number of carbonyl (C=O) groups excluding carboxylic acids is 1. The van der Waals surface area contributed by atoms with Crippen LogP contribution in [0.4, 0.5) is 4.39 Å². The van der Waals surface area contributed by atoms with E-state index in [4.69, 9.17) is 14.0 Å². The summed E-state index contributed by atoms with van der Waals surface area (Å²) in [7, 11) is 0. The molecule has 0 spiro atoms. The van der Waals surface area contributed by atoms with Gasteiger partial charge in [0, 0.05) is 19.6 Å². The summed E-state index contributed by atoms with van der Waals surface area (Å²) in [5.41, 5.74) is 0.747. The van der Waals surface area contributed by atoms with Gasteiger partial charge in [-0.1, -0.05) is 41.6 Å². The maximum atomic E-state index is 14.4. The zero-order valence-corrected chi connectivity index (χ0v) is 15.5. The van der Waals surface area contributed by atoms with E-state index in [1.165, 1.54) is 0 Å². The first kappa shape index (κ1) is 18.8. The lowest BCUT2D eigenvalue weighted by molar-refractivity contribution is 0.0854. The van der Waals surface area contributed by atoms with Gasteiger partial charge in [0.1, 0.15) is 6.61 Å². The Kier molecular flexibility index (Phi) is 5.78. The highest BCUT2D eigenvalue weighted by Crippen LogP contribution is 2.22. The number of carbonyl (C=O) groups is 1. The number of nitrogens with zero attached hydrogens (tertiary/aromatic N) is 1. The van der Waals surface area contributed by atoms with Crippen molar-refractivity contribution < 1.29 is 23.2 Å². The number of rotatable bonds is 8. The molecule has 0 radical (unpaired) electrons. The zero-order valence-electron chi connectivity index (χ0n) is 15.5. The molecule has 1 saturated heterocycles. The van der Waals surface area contributed by atoms with Gasteiger partial charge in [-0.15, -0.1) is 0 Å². The lowest BCUT2D eigenvalue weighted by Gasteiger charge is -2.05. The van der Waals surface area contributed by atoms with Gasteiger partial charge in [-0.2, -0.15) is 0 Å². The van der Waals surface area contributed by atoms with E-state index in [-0.39, 0.29) is 30.3 Å². The molecule has 1 atom stereocenters. The third-order valence-electron chi connectivity index (χ3n) is 5.08. The molecule has 6 heteroatoms. The van der Waals surface area contributed by atoms with E-state index in [1.807, 2.05) is 42.5 Å². The summed E-state index contributed by atoms with van der Waals surface area (Å²) in [5, 5.41) is 5.89. The number of ether oxygens (including phenoxy) is 2. The van der Waals surface area contributed by atoms with Gasteiger partial charge in [-0.05, 0) is 41.2 Å². The van der Waals surface area contributed by atoms with Gasteiger partial charge in [0.2, 0.25) is 0 Å². The molecule has 0 aliphatic carbocycles. The normalized spacial score (nSPS) is 16.7. The van der Waals surface area contributed by atoms with Crippen LogP contribution in [0.15, 0.2) is 47.0 Å². The zero-order chi connectivity index (χ0) is 19.3. The quantitative estimate of drug-likeness (QED) is 0.529. The largest absolute Gasteiger partial charge is 0.381 e.